The number of carbonyl (C=O) groups excluding carboxylic acids is 1. The Bertz CT molecular complexity index is 238. The molecule has 0 aromatic carbocycles. The van der Waals surface area contributed by atoms with Crippen LogP contribution in [0.3, 0.4) is 0 Å². The molecule has 1 rings (SSSR count). The number of amides is 1. The molecular formula is C12H24N2O2. The van der Waals surface area contributed by atoms with E-state index in [9.17, 15) is 9.90 Å². The summed E-state index contributed by atoms with van der Waals surface area (Å²) in [4.78, 5) is 15.8. The second-order valence-corrected chi connectivity index (χ2v) is 5.56. The average molecular weight is 228 g/mol. The lowest BCUT2D eigenvalue weighted by Gasteiger charge is -2.35. The summed E-state index contributed by atoms with van der Waals surface area (Å²) in [6.07, 6.45) is 2.08. The Morgan fingerprint density at radius 1 is 1.38 bits per heavy atom. The summed E-state index contributed by atoms with van der Waals surface area (Å²) in [6, 6.07) is 0. The third-order valence-electron chi connectivity index (χ3n) is 3.05. The van der Waals surface area contributed by atoms with Crippen LogP contribution in [0.5, 0.6) is 0 Å². The first-order valence-electron chi connectivity index (χ1n) is 5.97. The van der Waals surface area contributed by atoms with Crippen molar-refractivity contribution < 1.29 is 9.90 Å². The highest BCUT2D eigenvalue weighted by Crippen LogP contribution is 2.20. The lowest BCUT2D eigenvalue weighted by molar-refractivity contribution is -0.149. The second kappa shape index (κ2) is 5.15. The van der Waals surface area contributed by atoms with Gasteiger partial charge in [-0.05, 0) is 46.7 Å². The third-order valence-corrected chi connectivity index (χ3v) is 3.05. The van der Waals surface area contributed by atoms with E-state index in [-0.39, 0.29) is 5.91 Å². The van der Waals surface area contributed by atoms with E-state index in [1.807, 2.05) is 0 Å². The maximum absolute atomic E-state index is 11.8. The molecule has 0 spiro atoms. The number of nitrogens with zero attached hydrogens (tertiary/aromatic N) is 2. The van der Waals surface area contributed by atoms with Gasteiger partial charge in [-0.25, -0.2) is 0 Å². The molecule has 1 aliphatic rings. The minimum atomic E-state index is -1.23. The third kappa shape index (κ3) is 3.76. The Morgan fingerprint density at radius 3 is 2.25 bits per heavy atom. The van der Waals surface area contributed by atoms with E-state index in [0.717, 1.165) is 32.5 Å². The largest absolute Gasteiger partial charge is 0.381 e. The summed E-state index contributed by atoms with van der Waals surface area (Å²) in [7, 11) is 4.16. The molecule has 1 heterocycles. The molecule has 0 unspecified atom stereocenters. The van der Waals surface area contributed by atoms with E-state index in [1.54, 1.807) is 18.7 Å². The van der Waals surface area contributed by atoms with Crippen molar-refractivity contribution in [2.24, 2.45) is 5.92 Å². The van der Waals surface area contributed by atoms with Gasteiger partial charge in [-0.2, -0.15) is 0 Å². The molecule has 4 heteroatoms. The van der Waals surface area contributed by atoms with Gasteiger partial charge in [0.2, 0.25) is 0 Å². The summed E-state index contributed by atoms with van der Waals surface area (Å²) in [5, 5.41) is 9.65. The first-order valence-corrected chi connectivity index (χ1v) is 5.97. The smallest absolute Gasteiger partial charge is 0.253 e. The van der Waals surface area contributed by atoms with E-state index in [4.69, 9.17) is 0 Å². The SMILES string of the molecule is CN(C)CC1CCN(C(=O)C(C)(C)O)CC1. The first kappa shape index (κ1) is 13.5. The summed E-state index contributed by atoms with van der Waals surface area (Å²) in [5.41, 5.74) is -1.23. The number of hydrogen-bond donors (Lipinski definition) is 1. The summed E-state index contributed by atoms with van der Waals surface area (Å²) >= 11 is 0. The quantitative estimate of drug-likeness (QED) is 0.767. The standard InChI is InChI=1S/C12H24N2O2/c1-12(2,16)11(15)14-7-5-10(6-8-14)9-13(3)4/h10,16H,5-9H2,1-4H3. The van der Waals surface area contributed by atoms with Crippen molar-refractivity contribution in [3.05, 3.63) is 0 Å². The van der Waals surface area contributed by atoms with Crippen molar-refractivity contribution in [1.29, 1.82) is 0 Å². The molecule has 1 amide bonds. The Kier molecular flexibility index (Phi) is 4.33. The minimum Gasteiger partial charge on any atom is -0.381 e. The Labute approximate surface area is 98.2 Å². The van der Waals surface area contributed by atoms with Crippen LogP contribution in [0.25, 0.3) is 0 Å². The van der Waals surface area contributed by atoms with Gasteiger partial charge >= 0.3 is 0 Å². The molecule has 1 N–H and O–H groups in total. The first-order chi connectivity index (χ1) is 7.30. The number of carbonyl (C=O) groups is 1. The van der Waals surface area contributed by atoms with Gasteiger partial charge in [-0.3, -0.25) is 4.79 Å². The minimum absolute atomic E-state index is 0.143. The lowest BCUT2D eigenvalue weighted by Crippen LogP contribution is -2.49. The van der Waals surface area contributed by atoms with Crippen molar-refractivity contribution in [3.63, 3.8) is 0 Å². The van der Waals surface area contributed by atoms with Crippen LogP contribution in [-0.4, -0.2) is 60.1 Å². The summed E-state index contributed by atoms with van der Waals surface area (Å²) in [6.45, 7) is 5.76. The lowest BCUT2D eigenvalue weighted by atomic mass is 9.95. The number of aliphatic hydroxyl groups is 1. The maximum Gasteiger partial charge on any atom is 0.253 e. The highest BCUT2D eigenvalue weighted by Gasteiger charge is 2.31. The van der Waals surface area contributed by atoms with E-state index in [1.165, 1.54) is 0 Å². The average Bonchev–Trinajstić information content (AvgIpc) is 2.15. The topological polar surface area (TPSA) is 43.8 Å². The summed E-state index contributed by atoms with van der Waals surface area (Å²) < 4.78 is 0. The molecule has 1 fully saturated rings. The number of hydrogen-bond acceptors (Lipinski definition) is 3. The molecule has 0 bridgehead atoms. The Balaban J connectivity index is 2.40. The van der Waals surface area contributed by atoms with Crippen molar-refractivity contribution in [2.75, 3.05) is 33.7 Å². The molecule has 1 saturated heterocycles. The highest BCUT2D eigenvalue weighted by molar-refractivity contribution is 5.84. The molecule has 1 aliphatic heterocycles. The van der Waals surface area contributed by atoms with Crippen LogP contribution in [0.1, 0.15) is 26.7 Å². The molecule has 4 nitrogen and oxygen atoms in total. The fourth-order valence-electron chi connectivity index (χ4n) is 2.22. The van der Waals surface area contributed by atoms with Crippen LogP contribution in [-0.2, 0) is 4.79 Å². The fraction of sp³-hybridized carbons (Fsp3) is 0.917. The van der Waals surface area contributed by atoms with E-state index >= 15 is 0 Å². The predicted molar refractivity (Wildman–Crippen MR) is 64.2 cm³/mol. The van der Waals surface area contributed by atoms with Gasteiger partial charge in [0.05, 0.1) is 0 Å². The van der Waals surface area contributed by atoms with Gasteiger partial charge in [0.1, 0.15) is 5.60 Å². The second-order valence-electron chi connectivity index (χ2n) is 5.56. The van der Waals surface area contributed by atoms with Crippen molar-refractivity contribution in [1.82, 2.24) is 9.80 Å². The van der Waals surface area contributed by atoms with E-state index in [0.29, 0.717) is 5.92 Å². The summed E-state index contributed by atoms with van der Waals surface area (Å²) in [5.74, 6) is 0.539. The number of likely N-dealkylation sites (tertiary alicyclic amines) is 1. The zero-order chi connectivity index (χ0) is 12.3. The van der Waals surface area contributed by atoms with Crippen molar-refractivity contribution in [2.45, 2.75) is 32.3 Å². The molecule has 0 radical (unpaired) electrons. The van der Waals surface area contributed by atoms with Crippen LogP contribution >= 0.6 is 0 Å². The van der Waals surface area contributed by atoms with Crippen LogP contribution in [0.2, 0.25) is 0 Å². The molecule has 0 aliphatic carbocycles. The molecule has 0 aromatic rings. The van der Waals surface area contributed by atoms with Crippen molar-refractivity contribution in [3.8, 4) is 0 Å². The van der Waals surface area contributed by atoms with E-state index < -0.39 is 5.60 Å². The molecular weight excluding hydrogens is 204 g/mol. The molecule has 0 aromatic heterocycles. The van der Waals surface area contributed by atoms with E-state index in [2.05, 4.69) is 19.0 Å². The molecule has 0 saturated carbocycles. The van der Waals surface area contributed by atoms with Gasteiger partial charge in [0.15, 0.2) is 0 Å². The number of rotatable bonds is 3. The van der Waals surface area contributed by atoms with Crippen LogP contribution in [0.4, 0.5) is 0 Å². The zero-order valence-electron chi connectivity index (χ0n) is 10.9. The van der Waals surface area contributed by atoms with Crippen LogP contribution in [0.15, 0.2) is 0 Å². The van der Waals surface area contributed by atoms with Crippen LogP contribution < -0.4 is 0 Å². The van der Waals surface area contributed by atoms with Gasteiger partial charge in [0, 0.05) is 19.6 Å². The van der Waals surface area contributed by atoms with Gasteiger partial charge in [0.25, 0.3) is 5.91 Å². The number of piperidine rings is 1. The zero-order valence-corrected chi connectivity index (χ0v) is 10.9. The molecule has 16 heavy (non-hydrogen) atoms. The highest BCUT2D eigenvalue weighted by atomic mass is 16.3. The molecule has 0 atom stereocenters. The van der Waals surface area contributed by atoms with Gasteiger partial charge in [-0.1, -0.05) is 0 Å². The predicted octanol–water partition coefficient (Wildman–Crippen LogP) is 0.557. The maximum atomic E-state index is 11.8. The fourth-order valence-corrected chi connectivity index (χ4v) is 2.22. The van der Waals surface area contributed by atoms with Gasteiger partial charge in [-0.15, -0.1) is 0 Å². The Hall–Kier alpha value is -0.610. The van der Waals surface area contributed by atoms with Crippen LogP contribution in [0, 0.1) is 5.92 Å². The Morgan fingerprint density at radius 2 is 1.88 bits per heavy atom. The van der Waals surface area contributed by atoms with Gasteiger partial charge < -0.3 is 14.9 Å². The normalized spacial score (nSPS) is 19.2. The van der Waals surface area contributed by atoms with Crippen molar-refractivity contribution >= 4 is 5.91 Å². The monoisotopic (exact) mass is 228 g/mol. The molecule has 94 valence electrons.